The summed E-state index contributed by atoms with van der Waals surface area (Å²) >= 11 is 0. The number of H-pyrrole nitrogens is 1. The van der Waals surface area contributed by atoms with Crippen LogP contribution in [0.5, 0.6) is 0 Å². The number of hydrogen-bond acceptors (Lipinski definition) is 4. The van der Waals surface area contributed by atoms with Crippen molar-refractivity contribution in [3.63, 3.8) is 0 Å². The monoisotopic (exact) mass is 205 g/mol. The molecule has 7 nitrogen and oxygen atoms in total. The lowest BCUT2D eigenvalue weighted by molar-refractivity contribution is -0.115. The van der Waals surface area contributed by atoms with E-state index in [2.05, 4.69) is 32.5 Å². The third-order valence-corrected chi connectivity index (χ3v) is 1.83. The fourth-order valence-corrected chi connectivity index (χ4v) is 1.16. The second kappa shape index (κ2) is 3.37. The lowest BCUT2D eigenvalue weighted by atomic mass is 10.2. The minimum Gasteiger partial charge on any atom is -0.303 e. The molecule has 0 unspecified atom stereocenters. The van der Waals surface area contributed by atoms with Crippen LogP contribution >= 0.6 is 0 Å². The van der Waals surface area contributed by atoms with Crippen LogP contribution in [0.2, 0.25) is 0 Å². The van der Waals surface area contributed by atoms with Gasteiger partial charge in [-0.25, -0.2) is 9.79 Å². The van der Waals surface area contributed by atoms with Gasteiger partial charge in [0.05, 0.1) is 6.20 Å². The number of carbonyl (C=O) groups is 2. The predicted octanol–water partition coefficient (Wildman–Crippen LogP) is -0.0779. The van der Waals surface area contributed by atoms with Crippen LogP contribution in [0.4, 0.5) is 10.6 Å². The number of rotatable bonds is 2. The SMILES string of the molecule is C=Nc1[nH]ncc1/C=C1\NC(=O)NC1=O. The summed E-state index contributed by atoms with van der Waals surface area (Å²) in [5, 5.41) is 10.8. The first-order chi connectivity index (χ1) is 7.20. The molecule has 0 aromatic carbocycles. The van der Waals surface area contributed by atoms with Gasteiger partial charge in [-0.2, -0.15) is 5.10 Å². The molecule has 1 aliphatic rings. The largest absolute Gasteiger partial charge is 0.326 e. The number of imide groups is 1. The summed E-state index contributed by atoms with van der Waals surface area (Å²) in [5.41, 5.74) is 0.739. The van der Waals surface area contributed by atoms with E-state index in [1.807, 2.05) is 0 Å². The lowest BCUT2D eigenvalue weighted by Gasteiger charge is -1.92. The van der Waals surface area contributed by atoms with Crippen LogP contribution in [0.15, 0.2) is 16.9 Å². The molecule has 0 radical (unpaired) electrons. The number of aromatic amines is 1. The van der Waals surface area contributed by atoms with Gasteiger partial charge >= 0.3 is 6.03 Å². The fraction of sp³-hybridized carbons (Fsp3) is 0. The summed E-state index contributed by atoms with van der Waals surface area (Å²) in [6.07, 6.45) is 2.95. The molecule has 0 spiro atoms. The number of urea groups is 1. The average Bonchev–Trinajstić information content (AvgIpc) is 2.74. The van der Waals surface area contributed by atoms with E-state index in [1.54, 1.807) is 0 Å². The second-order valence-electron chi connectivity index (χ2n) is 2.80. The Balaban J connectivity index is 2.34. The number of nitrogens with zero attached hydrogens (tertiary/aromatic N) is 2. The highest BCUT2D eigenvalue weighted by molar-refractivity contribution is 6.14. The summed E-state index contributed by atoms with van der Waals surface area (Å²) in [4.78, 5) is 25.6. The Morgan fingerprint density at radius 3 is 2.80 bits per heavy atom. The molecule has 1 aliphatic heterocycles. The van der Waals surface area contributed by atoms with Crippen LogP contribution in [0.25, 0.3) is 6.08 Å². The summed E-state index contributed by atoms with van der Waals surface area (Å²) in [6, 6.07) is -0.539. The van der Waals surface area contributed by atoms with Crippen LogP contribution in [0.3, 0.4) is 0 Å². The summed E-state index contributed by atoms with van der Waals surface area (Å²) in [7, 11) is 0. The zero-order chi connectivity index (χ0) is 10.8. The molecular weight excluding hydrogens is 198 g/mol. The smallest absolute Gasteiger partial charge is 0.303 e. The van der Waals surface area contributed by atoms with E-state index in [1.165, 1.54) is 12.3 Å². The molecule has 76 valence electrons. The van der Waals surface area contributed by atoms with Crippen LogP contribution in [-0.2, 0) is 4.79 Å². The van der Waals surface area contributed by atoms with Gasteiger partial charge in [0.15, 0.2) is 5.82 Å². The van der Waals surface area contributed by atoms with Crippen molar-refractivity contribution in [2.24, 2.45) is 4.99 Å². The van der Waals surface area contributed by atoms with Crippen molar-refractivity contribution in [3.8, 4) is 0 Å². The van der Waals surface area contributed by atoms with Crippen molar-refractivity contribution in [2.75, 3.05) is 0 Å². The zero-order valence-corrected chi connectivity index (χ0v) is 7.57. The van der Waals surface area contributed by atoms with E-state index in [4.69, 9.17) is 0 Å². The minimum absolute atomic E-state index is 0.159. The molecule has 7 heteroatoms. The van der Waals surface area contributed by atoms with E-state index < -0.39 is 11.9 Å². The molecule has 3 amide bonds. The standard InChI is InChI=1S/C8H7N5O2/c1-9-6-4(3-10-13-6)2-5-7(14)12-8(15)11-5/h2-3H,1H2,(H,10,13)(H2,11,12,14,15)/b5-2-. The topological polar surface area (TPSA) is 99.2 Å². The Bertz CT molecular complexity index is 473. The Hall–Kier alpha value is -2.44. The molecule has 2 heterocycles. The maximum atomic E-state index is 11.2. The average molecular weight is 205 g/mol. The molecular formula is C8H7N5O2. The molecule has 1 aromatic rings. The second-order valence-corrected chi connectivity index (χ2v) is 2.80. The van der Waals surface area contributed by atoms with Crippen LogP contribution < -0.4 is 10.6 Å². The van der Waals surface area contributed by atoms with Gasteiger partial charge in [0, 0.05) is 5.56 Å². The number of hydrogen-bond donors (Lipinski definition) is 3. The van der Waals surface area contributed by atoms with Gasteiger partial charge in [-0.15, -0.1) is 0 Å². The van der Waals surface area contributed by atoms with E-state index in [-0.39, 0.29) is 5.70 Å². The Kier molecular flexibility index (Phi) is 2.05. The maximum Gasteiger partial charge on any atom is 0.326 e. The summed E-state index contributed by atoms with van der Waals surface area (Å²) in [6.45, 7) is 3.33. The molecule has 0 atom stereocenters. The molecule has 0 saturated carbocycles. The fourth-order valence-electron chi connectivity index (χ4n) is 1.16. The third-order valence-electron chi connectivity index (χ3n) is 1.83. The Morgan fingerprint density at radius 2 is 2.20 bits per heavy atom. The number of nitrogens with one attached hydrogen (secondary N) is 3. The minimum atomic E-state index is -0.539. The van der Waals surface area contributed by atoms with Gasteiger partial charge in [-0.05, 0) is 12.8 Å². The number of aliphatic imine (C=N–C) groups is 1. The molecule has 1 saturated heterocycles. The van der Waals surface area contributed by atoms with E-state index in [9.17, 15) is 9.59 Å². The Morgan fingerprint density at radius 1 is 1.40 bits per heavy atom. The van der Waals surface area contributed by atoms with Gasteiger partial charge in [0.2, 0.25) is 0 Å². The third kappa shape index (κ3) is 1.62. The number of amides is 3. The highest BCUT2D eigenvalue weighted by Gasteiger charge is 2.23. The van der Waals surface area contributed by atoms with Crippen molar-refractivity contribution in [3.05, 3.63) is 17.5 Å². The molecule has 1 aromatic heterocycles. The van der Waals surface area contributed by atoms with Crippen molar-refractivity contribution in [1.29, 1.82) is 0 Å². The first-order valence-corrected chi connectivity index (χ1v) is 4.05. The molecule has 1 fully saturated rings. The van der Waals surface area contributed by atoms with Gasteiger partial charge < -0.3 is 5.32 Å². The van der Waals surface area contributed by atoms with Crippen molar-refractivity contribution < 1.29 is 9.59 Å². The highest BCUT2D eigenvalue weighted by atomic mass is 16.2. The maximum absolute atomic E-state index is 11.2. The quantitative estimate of drug-likeness (QED) is 0.357. The van der Waals surface area contributed by atoms with E-state index >= 15 is 0 Å². The van der Waals surface area contributed by atoms with E-state index in [0.717, 1.165) is 0 Å². The van der Waals surface area contributed by atoms with Crippen LogP contribution in [0.1, 0.15) is 5.56 Å². The molecule has 2 rings (SSSR count). The van der Waals surface area contributed by atoms with Gasteiger partial charge in [-0.1, -0.05) is 0 Å². The van der Waals surface area contributed by atoms with Crippen molar-refractivity contribution in [2.45, 2.75) is 0 Å². The number of carbonyl (C=O) groups excluding carboxylic acids is 2. The lowest BCUT2D eigenvalue weighted by Crippen LogP contribution is -2.22. The number of aromatic nitrogens is 2. The Labute approximate surface area is 84.3 Å². The van der Waals surface area contributed by atoms with Gasteiger partial charge in [0.1, 0.15) is 5.70 Å². The van der Waals surface area contributed by atoms with Gasteiger partial charge in [-0.3, -0.25) is 15.2 Å². The molecule has 3 N–H and O–H groups in total. The van der Waals surface area contributed by atoms with Crippen molar-refractivity contribution in [1.82, 2.24) is 20.8 Å². The van der Waals surface area contributed by atoms with Gasteiger partial charge in [0.25, 0.3) is 5.91 Å². The highest BCUT2D eigenvalue weighted by Crippen LogP contribution is 2.17. The molecule has 0 aliphatic carbocycles. The first-order valence-electron chi connectivity index (χ1n) is 4.05. The zero-order valence-electron chi connectivity index (χ0n) is 7.57. The predicted molar refractivity (Wildman–Crippen MR) is 52.4 cm³/mol. The van der Waals surface area contributed by atoms with Crippen LogP contribution in [0, 0.1) is 0 Å². The van der Waals surface area contributed by atoms with E-state index in [0.29, 0.717) is 11.4 Å². The van der Waals surface area contributed by atoms with Crippen molar-refractivity contribution >= 4 is 30.5 Å². The normalized spacial score (nSPS) is 17.7. The first kappa shape index (κ1) is 9.13. The summed E-state index contributed by atoms with van der Waals surface area (Å²) in [5.74, 6) is -0.0346. The molecule has 15 heavy (non-hydrogen) atoms. The summed E-state index contributed by atoms with van der Waals surface area (Å²) < 4.78 is 0. The molecule has 0 bridgehead atoms. The van der Waals surface area contributed by atoms with Crippen LogP contribution in [-0.4, -0.2) is 28.9 Å².